The van der Waals surface area contributed by atoms with Crippen LogP contribution in [-0.2, 0) is 137 Å². The first-order valence-electron chi connectivity index (χ1n) is 39.1. The average molecular weight is 1570 g/mol. The minimum Gasteiger partial charge on any atom is -0.374 e. The predicted molar refractivity (Wildman–Crippen MR) is 433 cm³/mol. The van der Waals surface area contributed by atoms with Crippen LogP contribution in [0.2, 0.25) is 0 Å². The van der Waals surface area contributed by atoms with Crippen molar-refractivity contribution in [2.45, 2.75) is 158 Å². The van der Waals surface area contributed by atoms with E-state index in [1.54, 1.807) is 0 Å². The van der Waals surface area contributed by atoms with Gasteiger partial charge in [0, 0.05) is 6.07 Å². The Morgan fingerprint density at radius 3 is 0.845 bits per heavy atom. The number of hydrogen-bond acceptors (Lipinski definition) is 20. The van der Waals surface area contributed by atoms with E-state index >= 15 is 0 Å². The number of non-ortho nitro benzene ring substituents is 1. The van der Waals surface area contributed by atoms with E-state index in [2.05, 4.69) is 5.32 Å². The molecule has 3 fully saturated rings. The van der Waals surface area contributed by atoms with Gasteiger partial charge in [-0.15, -0.1) is 0 Å². The third kappa shape index (κ3) is 23.4. The summed E-state index contributed by atoms with van der Waals surface area (Å²) in [5, 5.41) is 29.0. The summed E-state index contributed by atoms with van der Waals surface area (Å²) >= 11 is 0. The van der Waals surface area contributed by atoms with Crippen molar-refractivity contribution < 1.29 is 80.9 Å². The molecule has 3 heterocycles. The van der Waals surface area contributed by atoms with E-state index in [9.17, 15) is 20.2 Å². The Kier molecular flexibility index (Phi) is 30.3. The van der Waals surface area contributed by atoms with Crippen LogP contribution in [-0.4, -0.2) is 122 Å². The van der Waals surface area contributed by atoms with Crippen LogP contribution in [0.3, 0.4) is 0 Å². The smallest absolute Gasteiger partial charge is 0.299 e. The van der Waals surface area contributed by atoms with Crippen molar-refractivity contribution in [1.82, 2.24) is 0 Å². The highest BCUT2D eigenvalue weighted by Gasteiger charge is 2.57. The first kappa shape index (κ1) is 82.0. The van der Waals surface area contributed by atoms with Gasteiger partial charge in [-0.1, -0.05) is 303 Å². The lowest BCUT2D eigenvalue weighted by molar-refractivity contribution is -0.393. The molecular weight excluding hydrogens is 1480 g/mol. The number of nitro groups is 2. The second-order valence-electron chi connectivity index (χ2n) is 28.6. The molecule has 1 N–H and O–H groups in total. The molecule has 11 aromatic rings. The molecule has 0 unspecified atom stereocenters. The standard InChI is InChI=1S/C94H95N3O19/c98-96(99)77-51-52-78(79(53-77)97(100)101)95-83-87(106-58-71-39-19-5-20-40-71)85(81(65-103-55-68-33-13-2-14-34-68)112-92(83)111-63-76-49-29-10-30-50-76)115-94-91(110-62-75-47-27-9-28-48-75)89(108-60-73-43-23-7-24-44-73)86(82(114-94)66-104-56-69-35-15-3-16-36-69)116-93-90(109-61-74-45-25-8-26-46-74)88(107-59-72-41-21-6-22-42-72)84(105-57-70-37-17-4-18-38-70)80(113-93)64-102-54-67-31-11-1-12-32-67/h1-53,80-95H,54-66H2/t80-,81-,82-,83-,84+,85-,86+,87-,88+,89+,90-,91-,92-,93+,94+/m1/s1. The van der Waals surface area contributed by atoms with Gasteiger partial charge in [-0.25, -0.2) is 0 Å². The molecule has 0 amide bonds. The molecule has 0 aliphatic carbocycles. The fraction of sp³-hybridized carbons (Fsp3) is 0.298. The summed E-state index contributed by atoms with van der Waals surface area (Å²) in [5.41, 5.74) is 7.37. The minimum absolute atomic E-state index is 0.000231. The number of benzene rings is 11. The Hall–Kier alpha value is -10.6. The van der Waals surface area contributed by atoms with E-state index in [0.717, 1.165) is 61.7 Å². The number of ether oxygens (including phenoxy) is 15. The van der Waals surface area contributed by atoms with Gasteiger partial charge in [0.05, 0.1) is 102 Å². The zero-order valence-electron chi connectivity index (χ0n) is 64.1. The lowest BCUT2D eigenvalue weighted by Gasteiger charge is -2.52. The molecule has 11 aromatic carbocycles. The average Bonchev–Trinajstić information content (AvgIpc) is 0.759. The summed E-state index contributed by atoms with van der Waals surface area (Å²) in [6.07, 6.45) is -16.3. The predicted octanol–water partition coefficient (Wildman–Crippen LogP) is 16.6. The van der Waals surface area contributed by atoms with Crippen LogP contribution < -0.4 is 5.32 Å². The third-order valence-corrected chi connectivity index (χ3v) is 20.3. The van der Waals surface area contributed by atoms with E-state index < -0.39 is 113 Å². The minimum atomic E-state index is -1.48. The molecule has 14 rings (SSSR count). The Morgan fingerprint density at radius 1 is 0.267 bits per heavy atom. The topological polar surface area (TPSA) is 237 Å². The molecule has 116 heavy (non-hydrogen) atoms. The van der Waals surface area contributed by atoms with Gasteiger partial charge in [-0.3, -0.25) is 20.2 Å². The number of rotatable bonds is 41. The highest BCUT2D eigenvalue weighted by molar-refractivity contribution is 5.66. The molecule has 22 heteroatoms. The number of nitrogens with zero attached hydrogens (tertiary/aromatic N) is 2. The Labute approximate surface area is 675 Å². The second kappa shape index (κ2) is 42.9. The molecule has 22 nitrogen and oxygen atoms in total. The Bertz CT molecular complexity index is 4690. The van der Waals surface area contributed by atoms with Gasteiger partial charge in [0.2, 0.25) is 0 Å². The molecule has 600 valence electrons. The number of nitro benzene ring substituents is 2. The first-order chi connectivity index (χ1) is 57.2. The zero-order chi connectivity index (χ0) is 79.3. The molecule has 0 saturated carbocycles. The van der Waals surface area contributed by atoms with E-state index in [-0.39, 0.29) is 91.6 Å². The van der Waals surface area contributed by atoms with Crippen molar-refractivity contribution in [2.24, 2.45) is 0 Å². The molecule has 15 atom stereocenters. The summed E-state index contributed by atoms with van der Waals surface area (Å²) in [6.45, 7) is 0.633. The van der Waals surface area contributed by atoms with Crippen molar-refractivity contribution in [2.75, 3.05) is 25.1 Å². The highest BCUT2D eigenvalue weighted by atomic mass is 16.8. The fourth-order valence-electron chi connectivity index (χ4n) is 14.4. The van der Waals surface area contributed by atoms with E-state index in [4.69, 9.17) is 71.1 Å². The maximum atomic E-state index is 13.3. The maximum absolute atomic E-state index is 13.3. The third-order valence-electron chi connectivity index (χ3n) is 20.3. The van der Waals surface area contributed by atoms with Crippen molar-refractivity contribution in [1.29, 1.82) is 0 Å². The normalized spacial score (nSPS) is 23.3. The van der Waals surface area contributed by atoms with Gasteiger partial charge in [0.15, 0.2) is 18.9 Å². The van der Waals surface area contributed by atoms with Gasteiger partial charge >= 0.3 is 0 Å². The second-order valence-corrected chi connectivity index (χ2v) is 28.6. The monoisotopic (exact) mass is 1570 g/mol. The quantitative estimate of drug-likeness (QED) is 0.0277. The van der Waals surface area contributed by atoms with Crippen molar-refractivity contribution in [3.63, 3.8) is 0 Å². The molecule has 0 radical (unpaired) electrons. The summed E-state index contributed by atoms with van der Waals surface area (Å²) < 4.78 is 110. The summed E-state index contributed by atoms with van der Waals surface area (Å²) in [5.74, 6) is 0. The van der Waals surface area contributed by atoms with Crippen molar-refractivity contribution in [3.8, 4) is 0 Å². The molecule has 0 spiro atoms. The first-order valence-corrected chi connectivity index (χ1v) is 39.1. The van der Waals surface area contributed by atoms with Gasteiger partial charge in [-0.05, 0) is 61.7 Å². The summed E-state index contributed by atoms with van der Waals surface area (Å²) in [4.78, 5) is 24.3. The van der Waals surface area contributed by atoms with Crippen LogP contribution in [0.15, 0.2) is 322 Å². The Morgan fingerprint density at radius 2 is 0.526 bits per heavy atom. The fourth-order valence-corrected chi connectivity index (χ4v) is 14.4. The van der Waals surface area contributed by atoms with E-state index in [1.165, 1.54) is 12.1 Å². The van der Waals surface area contributed by atoms with E-state index in [1.807, 2.05) is 303 Å². The van der Waals surface area contributed by atoms with Gasteiger partial charge in [-0.2, -0.15) is 0 Å². The molecular formula is C94H95N3O19. The van der Waals surface area contributed by atoms with Gasteiger partial charge < -0.3 is 76.4 Å². The van der Waals surface area contributed by atoms with Crippen LogP contribution in [0, 0.1) is 20.2 Å². The van der Waals surface area contributed by atoms with Crippen LogP contribution in [0.1, 0.15) is 55.6 Å². The molecule has 0 bridgehead atoms. The summed E-state index contributed by atoms with van der Waals surface area (Å²) in [6, 6.07) is 99.6. The number of anilines is 1. The maximum Gasteiger partial charge on any atom is 0.299 e. The number of nitrogens with one attached hydrogen (secondary N) is 1. The van der Waals surface area contributed by atoms with Crippen LogP contribution in [0.25, 0.3) is 0 Å². The summed E-state index contributed by atoms with van der Waals surface area (Å²) in [7, 11) is 0. The van der Waals surface area contributed by atoms with Crippen molar-refractivity contribution in [3.05, 3.63) is 397 Å². The molecule has 0 aromatic heterocycles. The SMILES string of the molecule is O=[N+]([O-])c1ccc(N[C@H]2[C@H](OCc3ccccc3)O[C@H](COCc3ccccc3)[C@@H](O[C@@H]3O[C@H](COCc4ccccc4)[C@H](O[C@@H]4O[C@H](COCc5ccccc5)[C@H](OCc5ccccc5)[C@H](OCc5ccccc5)[C@H]4OCc4ccccc4)[C@H](OCc4ccccc4)[C@H]3OCc3ccccc3)[C@@H]2OCc2ccccc2)c([N+](=O)[O-])c1. The van der Waals surface area contributed by atoms with Crippen LogP contribution in [0.5, 0.6) is 0 Å². The van der Waals surface area contributed by atoms with E-state index in [0.29, 0.717) is 0 Å². The molecule has 3 aliphatic heterocycles. The zero-order valence-corrected chi connectivity index (χ0v) is 64.1. The molecule has 3 aliphatic rings. The lowest BCUT2D eigenvalue weighted by atomic mass is 9.94. The van der Waals surface area contributed by atoms with Crippen LogP contribution in [0.4, 0.5) is 17.1 Å². The largest absolute Gasteiger partial charge is 0.374 e. The van der Waals surface area contributed by atoms with Gasteiger partial charge in [0.25, 0.3) is 11.4 Å². The molecule has 3 saturated heterocycles. The van der Waals surface area contributed by atoms with Crippen molar-refractivity contribution >= 4 is 17.1 Å². The Balaban J connectivity index is 0.918. The lowest BCUT2D eigenvalue weighted by Crippen LogP contribution is -2.68. The van der Waals surface area contributed by atoms with Crippen LogP contribution >= 0.6 is 0 Å². The van der Waals surface area contributed by atoms with Gasteiger partial charge in [0.1, 0.15) is 78.9 Å². The highest BCUT2D eigenvalue weighted by Crippen LogP contribution is 2.41. The number of hydrogen-bond donors (Lipinski definition) is 1.